The van der Waals surface area contributed by atoms with Crippen molar-refractivity contribution >= 4 is 27.3 Å². The predicted octanol–water partition coefficient (Wildman–Crippen LogP) is 0.645. The number of hydrazine groups is 1. The number of rotatable bonds is 6. The van der Waals surface area contributed by atoms with Crippen molar-refractivity contribution in [1.82, 2.24) is 4.98 Å². The average molecular weight is 261 g/mol. The van der Waals surface area contributed by atoms with Gasteiger partial charge in [-0.1, -0.05) is 0 Å². The van der Waals surface area contributed by atoms with Crippen molar-refractivity contribution in [3.05, 3.63) is 24.0 Å². The number of hydrogen-bond donors (Lipinski definition) is 2. The molecule has 0 aromatic carbocycles. The number of nitrogens with zero attached hydrogens (tertiary/aromatic N) is 1. The molecule has 0 unspecified atom stereocenters. The zero-order valence-corrected chi connectivity index (χ0v) is 10.6. The van der Waals surface area contributed by atoms with Crippen molar-refractivity contribution in [2.24, 2.45) is 5.84 Å². The van der Waals surface area contributed by atoms with Crippen molar-refractivity contribution in [3.63, 3.8) is 0 Å². The molecule has 0 saturated carbocycles. The van der Waals surface area contributed by atoms with Gasteiger partial charge in [-0.05, 0) is 12.1 Å². The Morgan fingerprint density at radius 2 is 2.31 bits per heavy atom. The molecule has 0 amide bonds. The van der Waals surface area contributed by atoms with E-state index in [4.69, 9.17) is 5.84 Å². The van der Waals surface area contributed by atoms with Gasteiger partial charge in [-0.3, -0.25) is 10.8 Å². The standard InChI is InChI=1S/C9H15N3O2S2/c1-16(13,14)5-4-15-7-9-6-8(12-10)2-3-11-9/h2-3,6H,4-5,7,10H2,1H3,(H,11,12). The van der Waals surface area contributed by atoms with Crippen molar-refractivity contribution in [1.29, 1.82) is 0 Å². The minimum atomic E-state index is -2.86. The summed E-state index contributed by atoms with van der Waals surface area (Å²) in [4.78, 5) is 4.16. The molecule has 1 heterocycles. The Hall–Kier alpha value is -0.790. The maximum Gasteiger partial charge on any atom is 0.148 e. The number of anilines is 1. The van der Waals surface area contributed by atoms with Crippen molar-refractivity contribution < 1.29 is 8.42 Å². The number of aromatic nitrogens is 1. The van der Waals surface area contributed by atoms with Gasteiger partial charge >= 0.3 is 0 Å². The second-order valence-electron chi connectivity index (χ2n) is 3.36. The van der Waals surface area contributed by atoms with Crippen LogP contribution in [0.1, 0.15) is 5.69 Å². The molecule has 0 radical (unpaired) electrons. The Morgan fingerprint density at radius 3 is 2.94 bits per heavy atom. The quantitative estimate of drug-likeness (QED) is 0.444. The number of nitrogen functional groups attached to an aromatic ring is 1. The monoisotopic (exact) mass is 261 g/mol. The van der Waals surface area contributed by atoms with Crippen molar-refractivity contribution in [2.45, 2.75) is 5.75 Å². The lowest BCUT2D eigenvalue weighted by Gasteiger charge is -2.03. The lowest BCUT2D eigenvalue weighted by atomic mass is 10.3. The Bertz CT molecular complexity index is 434. The molecule has 0 saturated heterocycles. The summed E-state index contributed by atoms with van der Waals surface area (Å²) in [6.07, 6.45) is 2.91. The summed E-state index contributed by atoms with van der Waals surface area (Å²) in [6, 6.07) is 3.61. The zero-order chi connectivity index (χ0) is 12.0. The van der Waals surface area contributed by atoms with Gasteiger partial charge in [0.15, 0.2) is 0 Å². The summed E-state index contributed by atoms with van der Waals surface area (Å²) in [7, 11) is -2.86. The molecule has 7 heteroatoms. The molecule has 16 heavy (non-hydrogen) atoms. The fourth-order valence-corrected chi connectivity index (χ4v) is 3.23. The average Bonchev–Trinajstić information content (AvgIpc) is 2.23. The largest absolute Gasteiger partial charge is 0.324 e. The lowest BCUT2D eigenvalue weighted by Crippen LogP contribution is -2.07. The van der Waals surface area contributed by atoms with Crippen LogP contribution in [0.3, 0.4) is 0 Å². The molecular weight excluding hydrogens is 246 g/mol. The van der Waals surface area contributed by atoms with Crippen LogP contribution in [0.2, 0.25) is 0 Å². The highest BCUT2D eigenvalue weighted by molar-refractivity contribution is 7.99. The van der Waals surface area contributed by atoms with Gasteiger partial charge in [-0.15, -0.1) is 0 Å². The summed E-state index contributed by atoms with van der Waals surface area (Å²) in [5.41, 5.74) is 4.22. The lowest BCUT2D eigenvalue weighted by molar-refractivity contribution is 0.603. The SMILES string of the molecule is CS(=O)(=O)CCSCc1cc(NN)ccn1. The van der Waals surface area contributed by atoms with Crippen LogP contribution in [0.4, 0.5) is 5.69 Å². The number of nitrogens with one attached hydrogen (secondary N) is 1. The second-order valence-corrected chi connectivity index (χ2v) is 6.73. The van der Waals surface area contributed by atoms with Gasteiger partial charge < -0.3 is 5.43 Å². The van der Waals surface area contributed by atoms with Gasteiger partial charge in [-0.2, -0.15) is 11.8 Å². The molecule has 0 atom stereocenters. The van der Waals surface area contributed by atoms with Gasteiger partial charge in [0.25, 0.3) is 0 Å². The molecule has 5 nitrogen and oxygen atoms in total. The molecule has 3 N–H and O–H groups in total. The number of sulfone groups is 1. The zero-order valence-electron chi connectivity index (χ0n) is 9.01. The van der Waals surface area contributed by atoms with Crippen LogP contribution >= 0.6 is 11.8 Å². The van der Waals surface area contributed by atoms with E-state index in [9.17, 15) is 8.42 Å². The van der Waals surface area contributed by atoms with E-state index in [-0.39, 0.29) is 5.75 Å². The minimum Gasteiger partial charge on any atom is -0.324 e. The highest BCUT2D eigenvalue weighted by atomic mass is 32.2. The first-order valence-electron chi connectivity index (χ1n) is 4.68. The van der Waals surface area contributed by atoms with Crippen molar-refractivity contribution in [2.75, 3.05) is 23.2 Å². The summed E-state index contributed by atoms with van der Waals surface area (Å²) >= 11 is 1.54. The Morgan fingerprint density at radius 1 is 1.56 bits per heavy atom. The first-order valence-corrected chi connectivity index (χ1v) is 7.90. The van der Waals surface area contributed by atoms with E-state index in [1.807, 2.05) is 6.07 Å². The number of nitrogens with two attached hydrogens (primary N) is 1. The minimum absolute atomic E-state index is 0.201. The summed E-state index contributed by atoms with van der Waals surface area (Å²) in [5, 5.41) is 0. The van der Waals surface area contributed by atoms with Crippen LogP contribution in [0, 0.1) is 0 Å². The number of thioether (sulfide) groups is 1. The van der Waals surface area contributed by atoms with E-state index < -0.39 is 9.84 Å². The smallest absolute Gasteiger partial charge is 0.148 e. The Labute approximate surface area is 99.7 Å². The summed E-state index contributed by atoms with van der Waals surface area (Å²) in [5.74, 6) is 6.74. The predicted molar refractivity (Wildman–Crippen MR) is 67.9 cm³/mol. The third-order valence-corrected chi connectivity index (χ3v) is 4.03. The molecule has 0 bridgehead atoms. The molecule has 1 rings (SSSR count). The van der Waals surface area contributed by atoms with Crippen LogP contribution in [0.25, 0.3) is 0 Å². The molecule has 1 aromatic heterocycles. The molecule has 1 aromatic rings. The first kappa shape index (κ1) is 13.3. The third kappa shape index (κ3) is 5.34. The fourth-order valence-electron chi connectivity index (χ4n) is 1.03. The Balaban J connectivity index is 2.37. The summed E-state index contributed by atoms with van der Waals surface area (Å²) < 4.78 is 21.8. The van der Waals surface area contributed by atoms with Gasteiger partial charge in [0, 0.05) is 24.0 Å². The van der Waals surface area contributed by atoms with E-state index in [1.165, 1.54) is 6.26 Å². The number of hydrogen-bond acceptors (Lipinski definition) is 6. The first-order chi connectivity index (χ1) is 7.51. The van der Waals surface area contributed by atoms with E-state index in [1.54, 1.807) is 24.0 Å². The highest BCUT2D eigenvalue weighted by Gasteiger charge is 2.02. The van der Waals surface area contributed by atoms with Crippen LogP contribution in [0.5, 0.6) is 0 Å². The molecule has 0 fully saturated rings. The molecule has 0 aliphatic carbocycles. The van der Waals surface area contributed by atoms with Gasteiger partial charge in [0.05, 0.1) is 17.1 Å². The van der Waals surface area contributed by atoms with Crippen LogP contribution in [0.15, 0.2) is 18.3 Å². The van der Waals surface area contributed by atoms with E-state index in [2.05, 4.69) is 10.4 Å². The normalized spacial score (nSPS) is 11.4. The van der Waals surface area contributed by atoms with Crippen LogP contribution in [-0.2, 0) is 15.6 Å². The van der Waals surface area contributed by atoms with Gasteiger partial charge in [-0.25, -0.2) is 8.42 Å². The molecule has 0 aliphatic heterocycles. The molecule has 0 aliphatic rings. The van der Waals surface area contributed by atoms with Gasteiger partial charge in [0.2, 0.25) is 0 Å². The van der Waals surface area contributed by atoms with E-state index in [0.29, 0.717) is 11.5 Å². The maximum atomic E-state index is 10.9. The van der Waals surface area contributed by atoms with E-state index in [0.717, 1.165) is 11.4 Å². The second kappa shape index (κ2) is 6.07. The molecule has 0 spiro atoms. The van der Waals surface area contributed by atoms with Crippen LogP contribution < -0.4 is 11.3 Å². The third-order valence-electron chi connectivity index (χ3n) is 1.83. The van der Waals surface area contributed by atoms with Gasteiger partial charge in [0.1, 0.15) is 9.84 Å². The molecular formula is C9H15N3O2S2. The topological polar surface area (TPSA) is 85.1 Å². The highest BCUT2D eigenvalue weighted by Crippen LogP contribution is 2.13. The van der Waals surface area contributed by atoms with Crippen molar-refractivity contribution in [3.8, 4) is 0 Å². The fraction of sp³-hybridized carbons (Fsp3) is 0.444. The molecule has 90 valence electrons. The van der Waals surface area contributed by atoms with Crippen LogP contribution in [-0.4, -0.2) is 31.2 Å². The Kier molecular flexibility index (Phi) is 5.04. The van der Waals surface area contributed by atoms with E-state index >= 15 is 0 Å². The summed E-state index contributed by atoms with van der Waals surface area (Å²) in [6.45, 7) is 0. The number of pyridine rings is 1. The maximum absolute atomic E-state index is 10.9.